The molecular weight excluding hydrogens is 236 g/mol. The van der Waals surface area contributed by atoms with E-state index in [1.165, 1.54) is 5.56 Å². The topological polar surface area (TPSA) is 32.3 Å². The number of hydrogen-bond acceptors (Lipinski definition) is 2. The van der Waals surface area contributed by atoms with Crippen LogP contribution >= 0.6 is 0 Å². The highest BCUT2D eigenvalue weighted by molar-refractivity contribution is 5.95. The lowest BCUT2D eigenvalue weighted by atomic mass is 10.0. The minimum absolute atomic E-state index is 0.0413. The summed E-state index contributed by atoms with van der Waals surface area (Å²) >= 11 is 0. The zero-order valence-electron chi connectivity index (χ0n) is 12.9. The summed E-state index contributed by atoms with van der Waals surface area (Å²) in [7, 11) is 3.55. The molecule has 19 heavy (non-hydrogen) atoms. The maximum atomic E-state index is 12.0. The Hall–Kier alpha value is -1.51. The Morgan fingerprint density at radius 1 is 1.26 bits per heavy atom. The molecule has 1 unspecified atom stereocenters. The van der Waals surface area contributed by atoms with Crippen molar-refractivity contribution in [2.45, 2.75) is 40.2 Å². The number of hydrogen-bond donors (Lipinski definition) is 1. The van der Waals surface area contributed by atoms with Gasteiger partial charge >= 0.3 is 0 Å². The Labute approximate surface area is 117 Å². The molecule has 1 atom stereocenters. The van der Waals surface area contributed by atoms with E-state index in [4.69, 9.17) is 0 Å². The van der Waals surface area contributed by atoms with Crippen LogP contribution in [0.25, 0.3) is 0 Å². The van der Waals surface area contributed by atoms with Crippen LogP contribution in [0.15, 0.2) is 18.2 Å². The summed E-state index contributed by atoms with van der Waals surface area (Å²) < 4.78 is 0. The van der Waals surface area contributed by atoms with Crippen molar-refractivity contribution in [3.05, 3.63) is 29.3 Å². The number of anilines is 1. The third-order valence-corrected chi connectivity index (χ3v) is 3.12. The number of nitrogens with zero attached hydrogens (tertiary/aromatic N) is 1. The molecule has 106 valence electrons. The molecule has 0 heterocycles. The molecule has 0 aliphatic rings. The van der Waals surface area contributed by atoms with Crippen LogP contribution in [0.1, 0.15) is 43.1 Å². The number of amides is 1. The van der Waals surface area contributed by atoms with E-state index in [9.17, 15) is 4.79 Å². The summed E-state index contributed by atoms with van der Waals surface area (Å²) in [5.41, 5.74) is 2.96. The molecular formula is C16H26N2O. The van der Waals surface area contributed by atoms with Gasteiger partial charge in [0.05, 0.1) is 0 Å². The number of carbonyl (C=O) groups excluding carboxylic acids is 1. The summed E-state index contributed by atoms with van der Waals surface area (Å²) in [4.78, 5) is 13.6. The van der Waals surface area contributed by atoms with E-state index in [2.05, 4.69) is 33.0 Å². The first-order valence-electron chi connectivity index (χ1n) is 6.90. The average Bonchev–Trinajstić information content (AvgIpc) is 2.29. The van der Waals surface area contributed by atoms with Crippen molar-refractivity contribution >= 4 is 11.6 Å². The molecule has 0 spiro atoms. The van der Waals surface area contributed by atoms with E-state index in [1.54, 1.807) is 19.0 Å². The number of aryl methyl sites for hydroxylation is 1. The van der Waals surface area contributed by atoms with E-state index >= 15 is 0 Å². The van der Waals surface area contributed by atoms with Gasteiger partial charge in [0.1, 0.15) is 0 Å². The van der Waals surface area contributed by atoms with Crippen LogP contribution in [0, 0.1) is 12.8 Å². The molecule has 3 nitrogen and oxygen atoms in total. The van der Waals surface area contributed by atoms with E-state index in [1.807, 2.05) is 18.2 Å². The molecule has 0 bridgehead atoms. The maximum Gasteiger partial charge on any atom is 0.253 e. The van der Waals surface area contributed by atoms with Crippen LogP contribution in [0.4, 0.5) is 5.69 Å². The molecule has 1 aromatic carbocycles. The number of nitrogens with one attached hydrogen (secondary N) is 1. The summed E-state index contributed by atoms with van der Waals surface area (Å²) in [5, 5.41) is 3.50. The summed E-state index contributed by atoms with van der Waals surface area (Å²) in [6.07, 6.45) is 1.12. The second-order valence-electron chi connectivity index (χ2n) is 5.90. The van der Waals surface area contributed by atoms with Gasteiger partial charge in [0, 0.05) is 31.4 Å². The highest BCUT2D eigenvalue weighted by Gasteiger charge is 2.11. The Kier molecular flexibility index (Phi) is 5.40. The van der Waals surface area contributed by atoms with Crippen molar-refractivity contribution in [2.75, 3.05) is 19.4 Å². The molecule has 0 aliphatic carbocycles. The van der Waals surface area contributed by atoms with E-state index in [-0.39, 0.29) is 5.91 Å². The summed E-state index contributed by atoms with van der Waals surface area (Å²) in [6.45, 7) is 8.68. The second-order valence-corrected chi connectivity index (χ2v) is 5.90. The zero-order chi connectivity index (χ0) is 14.6. The Balaban J connectivity index is 2.88. The first kappa shape index (κ1) is 15.5. The number of carbonyl (C=O) groups is 1. The Morgan fingerprint density at radius 3 is 2.42 bits per heavy atom. The molecule has 0 radical (unpaired) electrons. The predicted molar refractivity (Wildman–Crippen MR) is 81.7 cm³/mol. The first-order valence-corrected chi connectivity index (χ1v) is 6.90. The normalized spacial score (nSPS) is 12.4. The van der Waals surface area contributed by atoms with Gasteiger partial charge in [0.2, 0.25) is 0 Å². The molecule has 1 rings (SSSR count). The molecule has 0 saturated heterocycles. The molecule has 0 aromatic heterocycles. The number of rotatable bonds is 5. The van der Waals surface area contributed by atoms with Crippen LogP contribution in [0.2, 0.25) is 0 Å². The largest absolute Gasteiger partial charge is 0.382 e. The number of benzene rings is 1. The highest BCUT2D eigenvalue weighted by atomic mass is 16.2. The standard InChI is InChI=1S/C16H26N2O/c1-11(2)9-13(4)17-15-10-14(8-7-12(15)3)16(19)18(5)6/h7-8,10-11,13,17H,9H2,1-6H3. The van der Waals surface area contributed by atoms with Crippen molar-refractivity contribution in [3.8, 4) is 0 Å². The third kappa shape index (κ3) is 4.58. The lowest BCUT2D eigenvalue weighted by Gasteiger charge is -2.20. The van der Waals surface area contributed by atoms with Crippen LogP contribution in [-0.4, -0.2) is 30.9 Å². The van der Waals surface area contributed by atoms with Crippen LogP contribution in [-0.2, 0) is 0 Å². The zero-order valence-corrected chi connectivity index (χ0v) is 12.9. The minimum atomic E-state index is 0.0413. The van der Waals surface area contributed by atoms with E-state index < -0.39 is 0 Å². The van der Waals surface area contributed by atoms with Crippen molar-refractivity contribution in [3.63, 3.8) is 0 Å². The van der Waals surface area contributed by atoms with Crippen molar-refractivity contribution in [2.24, 2.45) is 5.92 Å². The van der Waals surface area contributed by atoms with Crippen LogP contribution < -0.4 is 5.32 Å². The van der Waals surface area contributed by atoms with Crippen LogP contribution in [0.3, 0.4) is 0 Å². The molecule has 1 aromatic rings. The highest BCUT2D eigenvalue weighted by Crippen LogP contribution is 2.20. The van der Waals surface area contributed by atoms with Gasteiger partial charge in [-0.25, -0.2) is 0 Å². The van der Waals surface area contributed by atoms with Gasteiger partial charge in [-0.05, 0) is 43.9 Å². The second kappa shape index (κ2) is 6.60. The predicted octanol–water partition coefficient (Wildman–Crippen LogP) is 3.54. The van der Waals surface area contributed by atoms with Gasteiger partial charge in [-0.2, -0.15) is 0 Å². The fourth-order valence-corrected chi connectivity index (χ4v) is 2.20. The molecule has 1 amide bonds. The average molecular weight is 262 g/mol. The maximum absolute atomic E-state index is 12.0. The van der Waals surface area contributed by atoms with Gasteiger partial charge in [-0.1, -0.05) is 19.9 Å². The fraction of sp³-hybridized carbons (Fsp3) is 0.562. The minimum Gasteiger partial charge on any atom is -0.382 e. The van der Waals surface area contributed by atoms with Gasteiger partial charge in [-0.3, -0.25) is 4.79 Å². The van der Waals surface area contributed by atoms with Gasteiger partial charge in [-0.15, -0.1) is 0 Å². The monoisotopic (exact) mass is 262 g/mol. The lowest BCUT2D eigenvalue weighted by molar-refractivity contribution is 0.0827. The lowest BCUT2D eigenvalue weighted by Crippen LogP contribution is -2.22. The van der Waals surface area contributed by atoms with Gasteiger partial charge < -0.3 is 10.2 Å². The van der Waals surface area contributed by atoms with Gasteiger partial charge in [0.25, 0.3) is 5.91 Å². The van der Waals surface area contributed by atoms with Crippen LogP contribution in [0.5, 0.6) is 0 Å². The molecule has 0 aliphatic heterocycles. The Morgan fingerprint density at radius 2 is 1.89 bits per heavy atom. The van der Waals surface area contributed by atoms with E-state index in [0.717, 1.165) is 17.7 Å². The van der Waals surface area contributed by atoms with Crippen molar-refractivity contribution < 1.29 is 4.79 Å². The van der Waals surface area contributed by atoms with E-state index in [0.29, 0.717) is 12.0 Å². The molecule has 0 fully saturated rings. The third-order valence-electron chi connectivity index (χ3n) is 3.12. The molecule has 0 saturated carbocycles. The molecule has 1 N–H and O–H groups in total. The van der Waals surface area contributed by atoms with Crippen molar-refractivity contribution in [1.29, 1.82) is 0 Å². The quantitative estimate of drug-likeness (QED) is 0.880. The van der Waals surface area contributed by atoms with Gasteiger partial charge in [0.15, 0.2) is 0 Å². The summed E-state index contributed by atoms with van der Waals surface area (Å²) in [5.74, 6) is 0.703. The Bertz CT molecular complexity index is 438. The SMILES string of the molecule is Cc1ccc(C(=O)N(C)C)cc1NC(C)CC(C)C. The van der Waals surface area contributed by atoms with Crippen molar-refractivity contribution in [1.82, 2.24) is 4.90 Å². The summed E-state index contributed by atoms with van der Waals surface area (Å²) in [6, 6.07) is 6.24. The smallest absolute Gasteiger partial charge is 0.253 e. The fourth-order valence-electron chi connectivity index (χ4n) is 2.20. The first-order chi connectivity index (χ1) is 8.81. The molecule has 3 heteroatoms.